The number of thiophene rings is 1. The molecule has 0 saturated carbocycles. The largest absolute Gasteiger partial charge is 0.507 e. The lowest BCUT2D eigenvalue weighted by Gasteiger charge is -2.27. The van der Waals surface area contributed by atoms with Gasteiger partial charge in [0.2, 0.25) is 0 Å². The first-order valence-electron chi connectivity index (χ1n) is 6.46. The molecule has 3 rings (SSSR count). The van der Waals surface area contributed by atoms with Crippen LogP contribution in [-0.2, 0) is 6.42 Å². The van der Waals surface area contributed by atoms with Gasteiger partial charge in [-0.05, 0) is 29.5 Å². The Bertz CT molecular complexity index is 532. The highest BCUT2D eigenvalue weighted by Crippen LogP contribution is 2.32. The quantitative estimate of drug-likeness (QED) is 0.888. The number of nitrogens with zero attached hydrogens (tertiary/aromatic N) is 1. The minimum absolute atomic E-state index is 0.476. The fourth-order valence-electron chi connectivity index (χ4n) is 2.49. The highest BCUT2D eigenvalue weighted by atomic mass is 32.1. The summed E-state index contributed by atoms with van der Waals surface area (Å²) in [5.74, 6) is 0.476. The van der Waals surface area contributed by atoms with E-state index in [1.165, 1.54) is 4.70 Å². The van der Waals surface area contributed by atoms with E-state index >= 15 is 0 Å². The van der Waals surface area contributed by atoms with Crippen molar-refractivity contribution in [3.8, 4) is 5.75 Å². The monoisotopic (exact) mass is 262 g/mol. The predicted molar refractivity (Wildman–Crippen MR) is 76.5 cm³/mol. The Balaban J connectivity index is 1.71. The van der Waals surface area contributed by atoms with Gasteiger partial charge in [0, 0.05) is 42.8 Å². The Hall–Kier alpha value is -1.10. The van der Waals surface area contributed by atoms with E-state index in [1.807, 2.05) is 11.4 Å². The van der Waals surface area contributed by atoms with E-state index in [4.69, 9.17) is 0 Å². The van der Waals surface area contributed by atoms with E-state index < -0.39 is 0 Å². The molecule has 1 aliphatic rings. The van der Waals surface area contributed by atoms with Crippen LogP contribution >= 0.6 is 11.3 Å². The maximum atomic E-state index is 10.2. The molecule has 2 heterocycles. The van der Waals surface area contributed by atoms with Gasteiger partial charge < -0.3 is 15.3 Å². The maximum absolute atomic E-state index is 10.2. The van der Waals surface area contributed by atoms with E-state index in [9.17, 15) is 5.11 Å². The Morgan fingerprint density at radius 1 is 1.22 bits per heavy atom. The standard InChI is InChI=1S/C14H18N2OS/c17-14-11(1-2-13-12(14)4-10-18-13)3-7-16-8-5-15-6-9-16/h1-2,4,10,15,17H,3,5-9H2. The molecule has 1 aromatic heterocycles. The molecule has 1 saturated heterocycles. The van der Waals surface area contributed by atoms with Gasteiger partial charge in [-0.3, -0.25) is 0 Å². The van der Waals surface area contributed by atoms with Crippen LogP contribution < -0.4 is 5.32 Å². The van der Waals surface area contributed by atoms with Crippen LogP contribution in [0.25, 0.3) is 10.1 Å². The Kier molecular flexibility index (Phi) is 3.50. The third kappa shape index (κ3) is 2.36. The van der Waals surface area contributed by atoms with Crippen molar-refractivity contribution in [1.82, 2.24) is 10.2 Å². The third-order valence-corrected chi connectivity index (χ3v) is 4.48. The zero-order valence-electron chi connectivity index (χ0n) is 10.4. The van der Waals surface area contributed by atoms with E-state index in [0.29, 0.717) is 5.75 Å². The molecule has 4 heteroatoms. The van der Waals surface area contributed by atoms with Gasteiger partial charge in [-0.1, -0.05) is 6.07 Å². The van der Waals surface area contributed by atoms with Crippen LogP contribution in [0, 0.1) is 0 Å². The van der Waals surface area contributed by atoms with Crippen molar-refractivity contribution >= 4 is 21.4 Å². The van der Waals surface area contributed by atoms with Crippen molar-refractivity contribution in [3.63, 3.8) is 0 Å². The van der Waals surface area contributed by atoms with Gasteiger partial charge in [-0.15, -0.1) is 11.3 Å². The molecule has 0 bridgehead atoms. The lowest BCUT2D eigenvalue weighted by atomic mass is 10.1. The lowest BCUT2D eigenvalue weighted by Crippen LogP contribution is -2.44. The second kappa shape index (κ2) is 5.26. The molecule has 0 aliphatic carbocycles. The zero-order chi connectivity index (χ0) is 12.4. The summed E-state index contributed by atoms with van der Waals surface area (Å²) in [5, 5.41) is 16.6. The second-order valence-corrected chi connectivity index (χ2v) is 5.70. The molecule has 18 heavy (non-hydrogen) atoms. The number of phenolic OH excluding ortho intramolecular Hbond substituents is 1. The minimum atomic E-state index is 0.476. The first-order chi connectivity index (χ1) is 8.84. The van der Waals surface area contributed by atoms with Gasteiger partial charge in [0.05, 0.1) is 0 Å². The summed E-state index contributed by atoms with van der Waals surface area (Å²) >= 11 is 1.68. The van der Waals surface area contributed by atoms with Crippen molar-refractivity contribution in [2.75, 3.05) is 32.7 Å². The summed E-state index contributed by atoms with van der Waals surface area (Å²) in [6.45, 7) is 5.42. The smallest absolute Gasteiger partial charge is 0.127 e. The Labute approximate surface area is 111 Å². The van der Waals surface area contributed by atoms with Crippen LogP contribution in [0.1, 0.15) is 5.56 Å². The fourth-order valence-corrected chi connectivity index (χ4v) is 3.28. The van der Waals surface area contributed by atoms with Crippen molar-refractivity contribution in [3.05, 3.63) is 29.1 Å². The van der Waals surface area contributed by atoms with Gasteiger partial charge in [0.1, 0.15) is 5.75 Å². The zero-order valence-corrected chi connectivity index (χ0v) is 11.2. The van der Waals surface area contributed by atoms with E-state index in [1.54, 1.807) is 11.3 Å². The molecule has 0 atom stereocenters. The number of fused-ring (bicyclic) bond motifs is 1. The van der Waals surface area contributed by atoms with Crippen LogP contribution in [0.15, 0.2) is 23.6 Å². The van der Waals surface area contributed by atoms with Crippen LogP contribution in [0.3, 0.4) is 0 Å². The number of hydrogen-bond acceptors (Lipinski definition) is 4. The molecule has 0 unspecified atom stereocenters. The first kappa shape index (κ1) is 12.0. The average molecular weight is 262 g/mol. The second-order valence-electron chi connectivity index (χ2n) is 4.75. The summed E-state index contributed by atoms with van der Waals surface area (Å²) in [6, 6.07) is 6.19. The van der Waals surface area contributed by atoms with Crippen LogP contribution in [-0.4, -0.2) is 42.7 Å². The molecular formula is C14H18N2OS. The van der Waals surface area contributed by atoms with Gasteiger partial charge in [0.15, 0.2) is 0 Å². The molecular weight excluding hydrogens is 244 g/mol. The number of nitrogens with one attached hydrogen (secondary N) is 1. The van der Waals surface area contributed by atoms with Crippen LogP contribution in [0.2, 0.25) is 0 Å². The molecule has 2 aromatic rings. The van der Waals surface area contributed by atoms with Crippen LogP contribution in [0.5, 0.6) is 5.75 Å². The normalized spacial score (nSPS) is 17.3. The molecule has 0 amide bonds. The number of piperazine rings is 1. The number of aromatic hydroxyl groups is 1. The molecule has 0 spiro atoms. The average Bonchev–Trinajstić information content (AvgIpc) is 2.88. The van der Waals surface area contributed by atoms with Gasteiger partial charge >= 0.3 is 0 Å². The highest BCUT2D eigenvalue weighted by Gasteiger charge is 2.12. The molecule has 3 nitrogen and oxygen atoms in total. The summed E-state index contributed by atoms with van der Waals surface area (Å²) in [6.07, 6.45) is 0.928. The summed E-state index contributed by atoms with van der Waals surface area (Å²) in [7, 11) is 0. The van der Waals surface area contributed by atoms with Gasteiger partial charge in [-0.25, -0.2) is 0 Å². The van der Waals surface area contributed by atoms with Crippen molar-refractivity contribution in [1.29, 1.82) is 0 Å². The Morgan fingerprint density at radius 2 is 2.06 bits per heavy atom. The molecule has 96 valence electrons. The van der Waals surface area contributed by atoms with Crippen LogP contribution in [0.4, 0.5) is 0 Å². The summed E-state index contributed by atoms with van der Waals surface area (Å²) in [5.41, 5.74) is 1.07. The molecule has 0 radical (unpaired) electrons. The van der Waals surface area contributed by atoms with Crippen molar-refractivity contribution in [2.24, 2.45) is 0 Å². The topological polar surface area (TPSA) is 35.5 Å². The lowest BCUT2D eigenvalue weighted by molar-refractivity contribution is 0.243. The minimum Gasteiger partial charge on any atom is -0.507 e. The number of hydrogen-bond donors (Lipinski definition) is 2. The number of benzene rings is 1. The molecule has 2 N–H and O–H groups in total. The summed E-state index contributed by atoms with van der Waals surface area (Å²) < 4.78 is 1.17. The predicted octanol–water partition coefficient (Wildman–Crippen LogP) is 2.05. The van der Waals surface area contributed by atoms with E-state index in [0.717, 1.165) is 50.1 Å². The number of phenols is 1. The fraction of sp³-hybridized carbons (Fsp3) is 0.429. The van der Waals surface area contributed by atoms with E-state index in [-0.39, 0.29) is 0 Å². The Morgan fingerprint density at radius 3 is 2.89 bits per heavy atom. The van der Waals surface area contributed by atoms with Crippen molar-refractivity contribution in [2.45, 2.75) is 6.42 Å². The van der Waals surface area contributed by atoms with Gasteiger partial charge in [-0.2, -0.15) is 0 Å². The van der Waals surface area contributed by atoms with E-state index in [2.05, 4.69) is 22.3 Å². The SMILES string of the molecule is Oc1c(CCN2CCNCC2)ccc2sccc12. The molecule has 1 aromatic carbocycles. The number of rotatable bonds is 3. The molecule has 1 aliphatic heterocycles. The first-order valence-corrected chi connectivity index (χ1v) is 7.34. The maximum Gasteiger partial charge on any atom is 0.127 e. The summed E-state index contributed by atoms with van der Waals surface area (Å²) in [4.78, 5) is 2.45. The highest BCUT2D eigenvalue weighted by molar-refractivity contribution is 7.17. The van der Waals surface area contributed by atoms with Gasteiger partial charge in [0.25, 0.3) is 0 Å². The molecule has 1 fully saturated rings. The van der Waals surface area contributed by atoms with Crippen molar-refractivity contribution < 1.29 is 5.11 Å². The third-order valence-electron chi connectivity index (χ3n) is 3.60.